The predicted molar refractivity (Wildman–Crippen MR) is 554 cm³/mol. The van der Waals surface area contributed by atoms with Crippen LogP contribution < -0.4 is 49.1 Å². The zero-order valence-electron chi connectivity index (χ0n) is 80.9. The Bertz CT molecular complexity index is 8260. The highest BCUT2D eigenvalue weighted by Gasteiger charge is 2.26. The molecule has 35 nitrogen and oxygen atoms in total. The molecule has 20 aromatic rings. The number of rotatable bonds is 11. The topological polar surface area (TPSA) is 377 Å². The molecule has 5 aliphatic heterocycles. The summed E-state index contributed by atoms with van der Waals surface area (Å²) in [5, 5.41) is 38.1. The van der Waals surface area contributed by atoms with E-state index >= 15 is 0 Å². The molecule has 142 heavy (non-hydrogen) atoms. The number of nitrogens with one attached hydrogen (secondary N) is 4. The Morgan fingerprint density at radius 3 is 1.25 bits per heavy atom. The average molecular weight is 1890 g/mol. The minimum absolute atomic E-state index is 0.0703. The van der Waals surface area contributed by atoms with Crippen LogP contribution in [0.4, 0.5) is 0 Å². The molecule has 0 atom stereocenters. The molecule has 5 aliphatic rings. The molecule has 0 spiro atoms. The second-order valence-electron chi connectivity index (χ2n) is 36.8. The summed E-state index contributed by atoms with van der Waals surface area (Å²) < 4.78 is 17.0. The number of pyridine rings is 8. The van der Waals surface area contributed by atoms with Crippen LogP contribution in [0, 0.1) is 34.6 Å². The third-order valence-electron chi connectivity index (χ3n) is 27.0. The Balaban J connectivity index is 0.000000105. The Labute approximate surface area is 813 Å². The van der Waals surface area contributed by atoms with Crippen LogP contribution in [-0.2, 0) is 35.2 Å². The minimum atomic E-state index is -0.109. The van der Waals surface area contributed by atoms with E-state index in [0.29, 0.717) is 85.4 Å². The summed E-state index contributed by atoms with van der Waals surface area (Å²) in [5.41, 5.74) is 30.3. The van der Waals surface area contributed by atoms with Gasteiger partial charge in [-0.15, -0.1) is 0 Å². The third-order valence-corrected chi connectivity index (χ3v) is 27.0. The molecule has 0 aliphatic carbocycles. The van der Waals surface area contributed by atoms with Crippen molar-refractivity contribution >= 4 is 105 Å². The number of aromatic nitrogens is 25. The second-order valence-corrected chi connectivity index (χ2v) is 36.8. The SMILES string of the molecule is CCN1CCC(c2cn3c(=O)cc(-c4ccc5nn(C)cc5c4)nc3c(C)n2)CC1.Cc1cc(-c2cc(=O)n3cc(C4=CCNCC4)ccc3n2)nc2cn(C)nc12.Cc1cc(-c2cc(=O)n3cc(C4=CCNCC4)ccc3n2)nc2cnn(C)c12.Cc1nc(-c2cc(=O)n3cc(C4=CCNCC4)ccc3n2)cc2cn(C)nc12.Cc1nc(-c2cc(=O)n3cc(C4=CCNCC4)ccc3n2)cc2cnn(C)c12. The molecule has 0 amide bonds. The largest absolute Gasteiger partial charge is 0.313 e. The normalized spacial score (nSPS) is 14.9. The van der Waals surface area contributed by atoms with Crippen LogP contribution in [0.5, 0.6) is 0 Å². The van der Waals surface area contributed by atoms with E-state index < -0.39 is 0 Å². The Kier molecular flexibility index (Phi) is 25.1. The fourth-order valence-corrected chi connectivity index (χ4v) is 19.6. The molecule has 4 N–H and O–H groups in total. The Hall–Kier alpha value is -16.3. The van der Waals surface area contributed by atoms with Gasteiger partial charge in [0.05, 0.1) is 109 Å². The van der Waals surface area contributed by atoms with Crippen molar-refractivity contribution in [3.8, 4) is 56.8 Å². The zero-order valence-corrected chi connectivity index (χ0v) is 80.9. The maximum Gasteiger partial charge on any atom is 0.258 e. The molecule has 0 saturated carbocycles. The van der Waals surface area contributed by atoms with Gasteiger partial charge in [0.15, 0.2) is 5.65 Å². The highest BCUT2D eigenvalue weighted by molar-refractivity contribution is 5.88. The van der Waals surface area contributed by atoms with Gasteiger partial charge in [-0.3, -0.25) is 74.4 Å². The van der Waals surface area contributed by atoms with Gasteiger partial charge >= 0.3 is 0 Å². The number of hydrogen-bond acceptors (Lipinski definition) is 25. The van der Waals surface area contributed by atoms with Crippen molar-refractivity contribution in [1.29, 1.82) is 0 Å². The van der Waals surface area contributed by atoms with Gasteiger partial charge in [-0.05, 0) is 260 Å². The Morgan fingerprint density at radius 1 is 0.331 bits per heavy atom. The monoisotopic (exact) mass is 1890 g/mol. The number of piperidine rings is 1. The van der Waals surface area contributed by atoms with Crippen LogP contribution in [0.25, 0.3) is 162 Å². The van der Waals surface area contributed by atoms with Gasteiger partial charge in [0, 0.05) is 163 Å². The van der Waals surface area contributed by atoms with Gasteiger partial charge < -0.3 is 26.2 Å². The highest BCUT2D eigenvalue weighted by Crippen LogP contribution is 2.34. The molecule has 0 unspecified atom stereocenters. The van der Waals surface area contributed by atoms with Crippen molar-refractivity contribution in [2.45, 2.75) is 86.0 Å². The molecule has 0 radical (unpaired) electrons. The van der Waals surface area contributed by atoms with Crippen molar-refractivity contribution in [3.05, 3.63) is 316 Å². The molecular weight excluding hydrogens is 1790 g/mol. The van der Waals surface area contributed by atoms with Crippen LogP contribution in [-0.4, -0.2) is 198 Å². The summed E-state index contributed by atoms with van der Waals surface area (Å²) in [7, 11) is 9.45. The minimum Gasteiger partial charge on any atom is -0.313 e. The maximum atomic E-state index is 13.0. The highest BCUT2D eigenvalue weighted by atomic mass is 16.1. The lowest BCUT2D eigenvalue weighted by molar-refractivity contribution is 0.220. The van der Waals surface area contributed by atoms with Gasteiger partial charge in [-0.2, -0.15) is 25.5 Å². The number of likely N-dealkylation sites (tertiary alicyclic amines) is 1. The quantitative estimate of drug-likeness (QED) is 0.0934. The first kappa shape index (κ1) is 92.0. The molecule has 24 heterocycles. The summed E-state index contributed by atoms with van der Waals surface area (Å²) in [6, 6.07) is 37.3. The average Bonchev–Trinajstić information content (AvgIpc) is 1.47. The molecule has 25 rings (SSSR count). The van der Waals surface area contributed by atoms with E-state index in [0.717, 1.165) is 227 Å². The predicted octanol–water partition coefficient (Wildman–Crippen LogP) is 12.5. The smallest absolute Gasteiger partial charge is 0.258 e. The number of benzene rings is 1. The standard InChI is InChI=1S/C23H26N6O.4C21H20N6O/c1-4-28-9-7-16(8-10-28)21-14-29-22(30)12-20(25-23(29)15(2)24-21)17-5-6-19-18(11-17)13-27(3)26-19;1-13-21-16(11-26(2)25-21)9-17(23-13)18-10-20(28)27-12-15(3-4-19(27)24-18)14-5-7-22-8-6-14;1-13-21-16(11-23-26(21)2)9-17(24-13)18-10-20(28)27-12-15(3-4-19(27)25-18)14-5-7-22-8-6-14;1-13-9-16(24-18-11-23-26(2)21(13)18)17-10-20(28)27-12-15(3-4-19(27)25-17)14-5-7-22-8-6-14;1-13-9-16(23-18-12-26(2)25-21(13)18)17-10-20(28)27-11-15(3-4-19(27)24-17)14-5-7-22-8-6-14/h5-6,11-14,16H,4,7-10H2,1-3H3;4*3-5,9-12,22H,6-8H2,1-2H3. The van der Waals surface area contributed by atoms with Crippen LogP contribution in [0.3, 0.4) is 0 Å². The first-order valence-electron chi connectivity index (χ1n) is 47.9. The molecule has 19 aromatic heterocycles. The lowest BCUT2D eigenvalue weighted by atomic mass is 9.93. The van der Waals surface area contributed by atoms with Gasteiger partial charge in [0.1, 0.15) is 44.7 Å². The number of nitrogens with zero attached hydrogens (tertiary/aromatic N) is 26. The fourth-order valence-electron chi connectivity index (χ4n) is 19.6. The molecule has 1 aromatic carbocycles. The molecule has 1 saturated heterocycles. The van der Waals surface area contributed by atoms with E-state index in [2.05, 4.69) is 123 Å². The van der Waals surface area contributed by atoms with E-state index in [-0.39, 0.29) is 27.8 Å². The van der Waals surface area contributed by atoms with Gasteiger partial charge in [0.25, 0.3) is 27.8 Å². The molecule has 35 heteroatoms. The molecular formula is C107H106N30O5. The van der Waals surface area contributed by atoms with Crippen LogP contribution in [0.1, 0.15) is 108 Å². The maximum absolute atomic E-state index is 13.0. The van der Waals surface area contributed by atoms with Crippen molar-refractivity contribution in [2.75, 3.05) is 72.0 Å². The summed E-state index contributed by atoms with van der Waals surface area (Å²) in [4.78, 5) is 114. The van der Waals surface area contributed by atoms with E-state index in [4.69, 9.17) is 9.97 Å². The number of aryl methyl sites for hydroxylation is 10. The zero-order chi connectivity index (χ0) is 97.8. The van der Waals surface area contributed by atoms with Crippen molar-refractivity contribution in [2.24, 2.45) is 35.2 Å². The first-order valence-corrected chi connectivity index (χ1v) is 47.9. The van der Waals surface area contributed by atoms with E-state index in [9.17, 15) is 24.0 Å². The van der Waals surface area contributed by atoms with Crippen LogP contribution >= 0.6 is 0 Å². The lowest BCUT2D eigenvalue weighted by Crippen LogP contribution is -2.33. The summed E-state index contributed by atoms with van der Waals surface area (Å²) in [6.45, 7) is 22.6. The first-order chi connectivity index (χ1) is 68.9. The lowest BCUT2D eigenvalue weighted by Gasteiger charge is -2.30. The second kappa shape index (κ2) is 38.8. The van der Waals surface area contributed by atoms with Crippen molar-refractivity contribution < 1.29 is 0 Å². The summed E-state index contributed by atoms with van der Waals surface area (Å²) >= 11 is 0. The van der Waals surface area contributed by atoms with Crippen LogP contribution in [0.2, 0.25) is 0 Å². The van der Waals surface area contributed by atoms with E-state index in [1.165, 1.54) is 22.3 Å². The molecule has 714 valence electrons. The van der Waals surface area contributed by atoms with Gasteiger partial charge in [-0.1, -0.05) is 37.3 Å². The van der Waals surface area contributed by atoms with Crippen LogP contribution in [0.15, 0.2) is 232 Å². The summed E-state index contributed by atoms with van der Waals surface area (Å²) in [5.74, 6) is 0.399. The molecule has 0 bridgehead atoms. The molecule has 1 fully saturated rings. The number of hydrogen-bond donors (Lipinski definition) is 4. The van der Waals surface area contributed by atoms with E-state index in [1.54, 1.807) is 88.1 Å². The van der Waals surface area contributed by atoms with Crippen molar-refractivity contribution in [1.82, 2.24) is 147 Å². The van der Waals surface area contributed by atoms with Gasteiger partial charge in [0.2, 0.25) is 0 Å². The fraction of sp³-hybridized carbons (Fsp3) is 0.271. The summed E-state index contributed by atoms with van der Waals surface area (Å²) in [6.07, 6.45) is 33.5. The van der Waals surface area contributed by atoms with E-state index in [1.807, 2.05) is 210 Å². The third kappa shape index (κ3) is 18.8. The Morgan fingerprint density at radius 2 is 0.746 bits per heavy atom. The number of fused-ring (bicyclic) bond motifs is 10. The van der Waals surface area contributed by atoms with Crippen molar-refractivity contribution in [3.63, 3.8) is 0 Å². The van der Waals surface area contributed by atoms with Gasteiger partial charge in [-0.25, -0.2) is 44.9 Å².